The molecule has 0 aliphatic rings. The van der Waals surface area contributed by atoms with Crippen LogP contribution in [0.3, 0.4) is 0 Å². The van der Waals surface area contributed by atoms with Gasteiger partial charge in [0.05, 0.1) is 7.11 Å². The van der Waals surface area contributed by atoms with E-state index < -0.39 is 0 Å². The van der Waals surface area contributed by atoms with Gasteiger partial charge in [0.25, 0.3) is 0 Å². The normalized spacial score (nSPS) is 12.9. The highest BCUT2D eigenvalue weighted by Gasteiger charge is 2.13. The lowest BCUT2D eigenvalue weighted by Crippen LogP contribution is -2.35. The fraction of sp³-hybridized carbons (Fsp3) is 0.647. The topological polar surface area (TPSA) is 27.7 Å². The number of ether oxygens (including phenoxy) is 1. The SMILES string of the molecule is CCN(CCCN(C)C)CC(NC)c1ccc(OC)cc1. The molecule has 0 spiro atoms. The molecule has 1 aromatic carbocycles. The maximum Gasteiger partial charge on any atom is 0.118 e. The average molecular weight is 293 g/mol. The third kappa shape index (κ3) is 6.46. The van der Waals surface area contributed by atoms with Crippen molar-refractivity contribution in [2.75, 3.05) is 54.4 Å². The minimum absolute atomic E-state index is 0.357. The second-order valence-corrected chi connectivity index (χ2v) is 5.66. The summed E-state index contributed by atoms with van der Waals surface area (Å²) in [4.78, 5) is 4.75. The van der Waals surface area contributed by atoms with Crippen molar-refractivity contribution in [1.29, 1.82) is 0 Å². The van der Waals surface area contributed by atoms with E-state index in [9.17, 15) is 0 Å². The predicted molar refractivity (Wildman–Crippen MR) is 90.1 cm³/mol. The summed E-state index contributed by atoms with van der Waals surface area (Å²) in [6, 6.07) is 8.71. The first-order chi connectivity index (χ1) is 10.1. The Hall–Kier alpha value is -1.10. The Morgan fingerprint density at radius 1 is 1.14 bits per heavy atom. The summed E-state index contributed by atoms with van der Waals surface area (Å²) in [7, 11) is 7.99. The minimum atomic E-state index is 0.357. The van der Waals surface area contributed by atoms with Gasteiger partial charge in [-0.15, -0.1) is 0 Å². The first-order valence-corrected chi connectivity index (χ1v) is 7.79. The summed E-state index contributed by atoms with van der Waals surface area (Å²) in [6.07, 6.45) is 1.21. The number of hydrogen-bond donors (Lipinski definition) is 1. The lowest BCUT2D eigenvalue weighted by atomic mass is 10.1. The highest BCUT2D eigenvalue weighted by molar-refractivity contribution is 5.29. The van der Waals surface area contributed by atoms with Gasteiger partial charge in [0, 0.05) is 12.6 Å². The van der Waals surface area contributed by atoms with Gasteiger partial charge in [0.1, 0.15) is 5.75 Å². The second kappa shape index (κ2) is 9.77. The van der Waals surface area contributed by atoms with Crippen LogP contribution in [0.15, 0.2) is 24.3 Å². The molecule has 1 N–H and O–H groups in total. The minimum Gasteiger partial charge on any atom is -0.497 e. The molecule has 1 atom stereocenters. The molecule has 0 fully saturated rings. The van der Waals surface area contributed by atoms with E-state index in [0.717, 1.165) is 31.9 Å². The third-order valence-electron chi connectivity index (χ3n) is 3.83. The van der Waals surface area contributed by atoms with Crippen molar-refractivity contribution in [3.63, 3.8) is 0 Å². The van der Waals surface area contributed by atoms with Crippen LogP contribution in [0.2, 0.25) is 0 Å². The van der Waals surface area contributed by atoms with E-state index in [1.165, 1.54) is 12.0 Å². The molecule has 1 aromatic rings. The molecule has 4 nitrogen and oxygen atoms in total. The maximum atomic E-state index is 5.22. The Kier molecular flexibility index (Phi) is 8.35. The molecule has 21 heavy (non-hydrogen) atoms. The molecule has 4 heteroatoms. The van der Waals surface area contributed by atoms with Gasteiger partial charge in [-0.3, -0.25) is 0 Å². The monoisotopic (exact) mass is 293 g/mol. The Labute approximate surface area is 130 Å². The van der Waals surface area contributed by atoms with Crippen LogP contribution in [0.5, 0.6) is 5.75 Å². The number of nitrogens with zero attached hydrogens (tertiary/aromatic N) is 2. The number of methoxy groups -OCH3 is 1. The average Bonchev–Trinajstić information content (AvgIpc) is 2.50. The second-order valence-electron chi connectivity index (χ2n) is 5.66. The number of likely N-dealkylation sites (N-methyl/N-ethyl adjacent to an activating group) is 2. The summed E-state index contributed by atoms with van der Waals surface area (Å²) in [5.74, 6) is 0.909. The first-order valence-electron chi connectivity index (χ1n) is 7.79. The molecule has 0 amide bonds. The zero-order valence-electron chi connectivity index (χ0n) is 14.2. The number of benzene rings is 1. The Morgan fingerprint density at radius 2 is 1.81 bits per heavy atom. The van der Waals surface area contributed by atoms with Crippen molar-refractivity contribution in [2.24, 2.45) is 0 Å². The number of rotatable bonds is 10. The summed E-state index contributed by atoms with van der Waals surface area (Å²) < 4.78 is 5.22. The molecular formula is C17H31N3O. The molecule has 1 unspecified atom stereocenters. The van der Waals surface area contributed by atoms with E-state index in [2.05, 4.69) is 48.3 Å². The highest BCUT2D eigenvalue weighted by atomic mass is 16.5. The van der Waals surface area contributed by atoms with Crippen LogP contribution in [0.25, 0.3) is 0 Å². The van der Waals surface area contributed by atoms with Crippen LogP contribution in [0.1, 0.15) is 24.9 Å². The molecule has 0 radical (unpaired) electrons. The molecule has 0 aliphatic heterocycles. The molecule has 1 rings (SSSR count). The lowest BCUT2D eigenvalue weighted by Gasteiger charge is -2.27. The van der Waals surface area contributed by atoms with Gasteiger partial charge >= 0.3 is 0 Å². The van der Waals surface area contributed by atoms with E-state index in [0.29, 0.717) is 6.04 Å². The molecule has 0 heterocycles. The van der Waals surface area contributed by atoms with Crippen LogP contribution in [-0.4, -0.2) is 64.2 Å². The number of nitrogens with one attached hydrogen (secondary N) is 1. The maximum absolute atomic E-state index is 5.22. The van der Waals surface area contributed by atoms with Crippen molar-refractivity contribution < 1.29 is 4.74 Å². The fourth-order valence-electron chi connectivity index (χ4n) is 2.45. The number of hydrogen-bond acceptors (Lipinski definition) is 4. The first kappa shape index (κ1) is 18.0. The molecule has 0 saturated heterocycles. The van der Waals surface area contributed by atoms with Gasteiger partial charge in [-0.05, 0) is 64.9 Å². The Balaban J connectivity index is 2.56. The zero-order valence-corrected chi connectivity index (χ0v) is 14.2. The van der Waals surface area contributed by atoms with E-state index in [4.69, 9.17) is 4.74 Å². The van der Waals surface area contributed by atoms with E-state index in [1.807, 2.05) is 19.2 Å². The highest BCUT2D eigenvalue weighted by Crippen LogP contribution is 2.18. The standard InChI is InChI=1S/C17H31N3O/c1-6-20(13-7-12-19(3)4)14-17(18-2)15-8-10-16(21-5)11-9-15/h8-11,17-18H,6-7,12-14H2,1-5H3. The van der Waals surface area contributed by atoms with Crippen LogP contribution < -0.4 is 10.1 Å². The van der Waals surface area contributed by atoms with Crippen LogP contribution in [0.4, 0.5) is 0 Å². The van der Waals surface area contributed by atoms with Gasteiger partial charge in [-0.1, -0.05) is 19.1 Å². The van der Waals surface area contributed by atoms with Gasteiger partial charge in [-0.2, -0.15) is 0 Å². The van der Waals surface area contributed by atoms with Gasteiger partial charge < -0.3 is 19.9 Å². The Bertz CT molecular complexity index is 378. The largest absolute Gasteiger partial charge is 0.497 e. The van der Waals surface area contributed by atoms with Crippen molar-refractivity contribution in [2.45, 2.75) is 19.4 Å². The molecule has 0 bridgehead atoms. The van der Waals surface area contributed by atoms with Gasteiger partial charge in [0.2, 0.25) is 0 Å². The quantitative estimate of drug-likeness (QED) is 0.716. The van der Waals surface area contributed by atoms with Crippen molar-refractivity contribution in [3.8, 4) is 5.75 Å². The fourth-order valence-corrected chi connectivity index (χ4v) is 2.45. The Morgan fingerprint density at radius 3 is 2.29 bits per heavy atom. The molecule has 120 valence electrons. The van der Waals surface area contributed by atoms with E-state index in [1.54, 1.807) is 7.11 Å². The predicted octanol–water partition coefficient (Wildman–Crippen LogP) is 2.23. The molecule has 0 saturated carbocycles. The van der Waals surface area contributed by atoms with Crippen molar-refractivity contribution in [3.05, 3.63) is 29.8 Å². The van der Waals surface area contributed by atoms with Crippen molar-refractivity contribution in [1.82, 2.24) is 15.1 Å². The van der Waals surface area contributed by atoms with Gasteiger partial charge in [0.15, 0.2) is 0 Å². The van der Waals surface area contributed by atoms with E-state index in [-0.39, 0.29) is 0 Å². The lowest BCUT2D eigenvalue weighted by molar-refractivity contribution is 0.243. The van der Waals surface area contributed by atoms with Gasteiger partial charge in [-0.25, -0.2) is 0 Å². The summed E-state index contributed by atoms with van der Waals surface area (Å²) in [6.45, 7) is 6.64. The zero-order chi connectivity index (χ0) is 15.7. The summed E-state index contributed by atoms with van der Waals surface area (Å²) >= 11 is 0. The smallest absolute Gasteiger partial charge is 0.118 e. The molecular weight excluding hydrogens is 262 g/mol. The van der Waals surface area contributed by atoms with Crippen LogP contribution in [-0.2, 0) is 0 Å². The van der Waals surface area contributed by atoms with Crippen molar-refractivity contribution >= 4 is 0 Å². The van der Waals surface area contributed by atoms with Crippen LogP contribution >= 0.6 is 0 Å². The van der Waals surface area contributed by atoms with E-state index >= 15 is 0 Å². The van der Waals surface area contributed by atoms with Crippen LogP contribution in [0, 0.1) is 0 Å². The third-order valence-corrected chi connectivity index (χ3v) is 3.83. The summed E-state index contributed by atoms with van der Waals surface area (Å²) in [5.41, 5.74) is 1.31. The molecule has 0 aromatic heterocycles. The molecule has 0 aliphatic carbocycles. The summed E-state index contributed by atoms with van der Waals surface area (Å²) in [5, 5.41) is 3.43.